The Kier molecular flexibility index (Phi) is 6.16. The number of amides is 1. The minimum atomic E-state index is -4.55. The molecule has 150 valence electrons. The third-order valence-electron chi connectivity index (χ3n) is 4.82. The zero-order valence-corrected chi connectivity index (χ0v) is 15.6. The van der Waals surface area contributed by atoms with E-state index in [1.807, 2.05) is 0 Å². The van der Waals surface area contributed by atoms with Crippen molar-refractivity contribution in [2.75, 3.05) is 11.9 Å². The molecule has 1 N–H and O–H groups in total. The van der Waals surface area contributed by atoms with E-state index in [2.05, 4.69) is 15.3 Å². The van der Waals surface area contributed by atoms with Crippen LogP contribution in [0.4, 0.5) is 19.0 Å². The van der Waals surface area contributed by atoms with Crippen LogP contribution < -0.4 is 10.1 Å². The van der Waals surface area contributed by atoms with Crippen molar-refractivity contribution < 1.29 is 22.7 Å². The largest absolute Gasteiger partial charge is 0.489 e. The molecule has 0 unspecified atom stereocenters. The summed E-state index contributed by atoms with van der Waals surface area (Å²) in [6.45, 7) is 1.92. The smallest absolute Gasteiger partial charge is 0.433 e. The lowest BCUT2D eigenvalue weighted by Gasteiger charge is -2.22. The van der Waals surface area contributed by atoms with Crippen LogP contribution in [0.5, 0.6) is 5.75 Å². The van der Waals surface area contributed by atoms with E-state index in [9.17, 15) is 18.0 Å². The molecule has 2 heterocycles. The van der Waals surface area contributed by atoms with Gasteiger partial charge in [0.25, 0.3) is 5.91 Å². The number of nitrogens with one attached hydrogen (secondary N) is 1. The van der Waals surface area contributed by atoms with Gasteiger partial charge in [0.1, 0.15) is 5.69 Å². The average molecular weight is 393 g/mol. The molecule has 1 amide bonds. The Hall–Kier alpha value is -2.64. The molecule has 0 saturated heterocycles. The lowest BCUT2D eigenvalue weighted by Crippen LogP contribution is -2.19. The molecule has 0 atom stereocenters. The van der Waals surface area contributed by atoms with E-state index in [4.69, 9.17) is 4.74 Å². The summed E-state index contributed by atoms with van der Waals surface area (Å²) >= 11 is 0. The van der Waals surface area contributed by atoms with Crippen LogP contribution in [0.25, 0.3) is 0 Å². The van der Waals surface area contributed by atoms with Gasteiger partial charge < -0.3 is 10.1 Å². The van der Waals surface area contributed by atoms with Gasteiger partial charge in [-0.25, -0.2) is 9.97 Å². The van der Waals surface area contributed by atoms with E-state index in [0.29, 0.717) is 18.3 Å². The first-order valence-corrected chi connectivity index (χ1v) is 9.28. The van der Waals surface area contributed by atoms with Crippen molar-refractivity contribution in [3.8, 4) is 5.75 Å². The van der Waals surface area contributed by atoms with Crippen LogP contribution in [0.1, 0.15) is 53.8 Å². The van der Waals surface area contributed by atoms with E-state index in [-0.39, 0.29) is 17.1 Å². The molecule has 1 aliphatic carbocycles. The Morgan fingerprint density at radius 2 is 1.96 bits per heavy atom. The fraction of sp³-hybridized carbons (Fsp3) is 0.450. The number of aryl methyl sites for hydroxylation is 1. The highest BCUT2D eigenvalue weighted by Gasteiger charge is 2.33. The van der Waals surface area contributed by atoms with Gasteiger partial charge in [-0.3, -0.25) is 4.79 Å². The minimum absolute atomic E-state index is 0.00655. The molecule has 2 aromatic heterocycles. The molecule has 5 nitrogen and oxygen atoms in total. The number of alkyl halides is 3. The van der Waals surface area contributed by atoms with E-state index < -0.39 is 17.8 Å². The number of hydrogen-bond acceptors (Lipinski definition) is 4. The molecule has 1 fully saturated rings. The van der Waals surface area contributed by atoms with Crippen LogP contribution in [0.2, 0.25) is 0 Å². The zero-order valence-electron chi connectivity index (χ0n) is 15.6. The summed E-state index contributed by atoms with van der Waals surface area (Å²) in [6.07, 6.45) is 2.86. The second kappa shape index (κ2) is 8.58. The lowest BCUT2D eigenvalue weighted by molar-refractivity contribution is -0.141. The number of nitrogens with zero attached hydrogens (tertiary/aromatic N) is 2. The fourth-order valence-electron chi connectivity index (χ4n) is 3.30. The Bertz CT molecular complexity index is 834. The number of pyridine rings is 2. The van der Waals surface area contributed by atoms with Crippen molar-refractivity contribution in [2.45, 2.75) is 45.2 Å². The first kappa shape index (κ1) is 20.1. The van der Waals surface area contributed by atoms with Crippen LogP contribution in [0, 0.1) is 12.8 Å². The van der Waals surface area contributed by atoms with Crippen molar-refractivity contribution >= 4 is 11.7 Å². The van der Waals surface area contributed by atoms with Gasteiger partial charge in [-0.05, 0) is 49.9 Å². The monoisotopic (exact) mass is 393 g/mol. The number of aromatic nitrogens is 2. The Labute approximate surface area is 161 Å². The van der Waals surface area contributed by atoms with Crippen LogP contribution >= 0.6 is 0 Å². The van der Waals surface area contributed by atoms with Gasteiger partial charge in [0.15, 0.2) is 11.6 Å². The lowest BCUT2D eigenvalue weighted by atomic mass is 9.90. The summed E-state index contributed by atoms with van der Waals surface area (Å²) in [5.41, 5.74) is -0.985. The highest BCUT2D eigenvalue weighted by Crippen LogP contribution is 2.29. The Morgan fingerprint density at radius 3 is 2.64 bits per heavy atom. The van der Waals surface area contributed by atoms with Gasteiger partial charge in [0, 0.05) is 6.20 Å². The second-order valence-electron chi connectivity index (χ2n) is 6.95. The van der Waals surface area contributed by atoms with Crippen LogP contribution in [0.3, 0.4) is 0 Å². The first-order valence-electron chi connectivity index (χ1n) is 9.28. The molecular formula is C20H22F3N3O2. The van der Waals surface area contributed by atoms with Gasteiger partial charge in [-0.15, -0.1) is 0 Å². The number of carbonyl (C=O) groups is 1. The predicted octanol–water partition coefficient (Wildman–Crippen LogP) is 5.02. The molecule has 3 rings (SSSR count). The van der Waals surface area contributed by atoms with Crippen molar-refractivity contribution in [1.82, 2.24) is 9.97 Å². The molecule has 8 heteroatoms. The number of halogens is 3. The van der Waals surface area contributed by atoms with Gasteiger partial charge in [-0.2, -0.15) is 13.2 Å². The zero-order chi connectivity index (χ0) is 20.1. The van der Waals surface area contributed by atoms with Gasteiger partial charge in [0.2, 0.25) is 0 Å². The topological polar surface area (TPSA) is 64.1 Å². The molecular weight excluding hydrogens is 371 g/mol. The van der Waals surface area contributed by atoms with Crippen molar-refractivity contribution in [2.24, 2.45) is 5.92 Å². The maximum atomic E-state index is 12.7. The van der Waals surface area contributed by atoms with Crippen LogP contribution in [0.15, 0.2) is 30.5 Å². The average Bonchev–Trinajstić information content (AvgIpc) is 2.67. The third-order valence-corrected chi connectivity index (χ3v) is 4.82. The summed E-state index contributed by atoms with van der Waals surface area (Å²) < 4.78 is 44.1. The predicted molar refractivity (Wildman–Crippen MR) is 98.2 cm³/mol. The summed E-state index contributed by atoms with van der Waals surface area (Å²) in [5.74, 6) is 0.584. The Morgan fingerprint density at radius 1 is 1.21 bits per heavy atom. The maximum Gasteiger partial charge on any atom is 0.433 e. The molecule has 0 aromatic carbocycles. The normalized spacial score (nSPS) is 15.3. The second-order valence-corrected chi connectivity index (χ2v) is 6.95. The molecule has 2 aromatic rings. The van der Waals surface area contributed by atoms with Gasteiger partial charge in [0.05, 0.1) is 17.9 Å². The molecule has 1 aliphatic rings. The maximum absolute atomic E-state index is 12.7. The highest BCUT2D eigenvalue weighted by molar-refractivity contribution is 6.05. The molecule has 0 radical (unpaired) electrons. The van der Waals surface area contributed by atoms with Crippen LogP contribution in [-0.2, 0) is 6.18 Å². The Balaban J connectivity index is 1.70. The summed E-state index contributed by atoms with van der Waals surface area (Å²) in [5, 5.41) is 2.62. The molecule has 0 bridgehead atoms. The third kappa shape index (κ3) is 4.99. The summed E-state index contributed by atoms with van der Waals surface area (Å²) in [7, 11) is 0. The molecule has 1 saturated carbocycles. The van der Waals surface area contributed by atoms with Crippen molar-refractivity contribution in [3.63, 3.8) is 0 Å². The number of hydrogen-bond donors (Lipinski definition) is 1. The van der Waals surface area contributed by atoms with E-state index in [1.54, 1.807) is 12.1 Å². The quantitative estimate of drug-likeness (QED) is 0.775. The molecule has 0 spiro atoms. The summed E-state index contributed by atoms with van der Waals surface area (Å²) in [4.78, 5) is 20.2. The highest BCUT2D eigenvalue weighted by atomic mass is 19.4. The van der Waals surface area contributed by atoms with Gasteiger partial charge in [-0.1, -0.05) is 19.3 Å². The van der Waals surface area contributed by atoms with E-state index in [1.165, 1.54) is 32.4 Å². The number of anilines is 1. The number of rotatable bonds is 5. The van der Waals surface area contributed by atoms with Gasteiger partial charge >= 0.3 is 6.18 Å². The minimum Gasteiger partial charge on any atom is -0.489 e. The SMILES string of the molecule is Cc1nc(C(F)(F)F)ccc1C(=O)Nc1ncccc1OCC1CCCCC1. The number of carbonyl (C=O) groups excluding carboxylic acids is 1. The van der Waals surface area contributed by atoms with E-state index in [0.717, 1.165) is 25.0 Å². The van der Waals surface area contributed by atoms with Crippen molar-refractivity contribution in [3.05, 3.63) is 47.4 Å². The fourth-order valence-corrected chi connectivity index (χ4v) is 3.30. The summed E-state index contributed by atoms with van der Waals surface area (Å²) in [6, 6.07) is 5.33. The molecule has 28 heavy (non-hydrogen) atoms. The molecule has 0 aliphatic heterocycles. The standard InChI is InChI=1S/C20H22F3N3O2/c1-13-15(9-10-17(25-13)20(21,22)23)19(27)26-18-16(8-5-11-24-18)28-12-14-6-3-2-4-7-14/h5,8-11,14H,2-4,6-7,12H2,1H3,(H,24,26,27). The van der Waals surface area contributed by atoms with Crippen LogP contribution in [-0.4, -0.2) is 22.5 Å². The van der Waals surface area contributed by atoms with Crippen molar-refractivity contribution in [1.29, 1.82) is 0 Å². The van der Waals surface area contributed by atoms with E-state index >= 15 is 0 Å². The number of ether oxygens (including phenoxy) is 1. The first-order chi connectivity index (χ1) is 13.3.